The van der Waals surface area contributed by atoms with Gasteiger partial charge in [0.2, 0.25) is 0 Å². The first-order chi connectivity index (χ1) is 15.9. The Morgan fingerprint density at radius 1 is 1.21 bits per heavy atom. The first-order valence-corrected chi connectivity index (χ1v) is 11.2. The summed E-state index contributed by atoms with van der Waals surface area (Å²) < 4.78 is 11.9. The second-order valence-electron chi connectivity index (χ2n) is 7.38. The average molecular weight is 517 g/mol. The number of para-hydroxylation sites is 1. The molecule has 0 unspecified atom stereocenters. The van der Waals surface area contributed by atoms with E-state index in [-0.39, 0.29) is 25.2 Å². The quantitative estimate of drug-likeness (QED) is 0.283. The van der Waals surface area contributed by atoms with E-state index in [2.05, 4.69) is 37.1 Å². The summed E-state index contributed by atoms with van der Waals surface area (Å²) in [4.78, 5) is 36.0. The summed E-state index contributed by atoms with van der Waals surface area (Å²) in [5.74, 6) is -1.58. The van der Waals surface area contributed by atoms with Gasteiger partial charge in [-0.3, -0.25) is 14.4 Å². The molecule has 0 saturated carbocycles. The highest BCUT2D eigenvalue weighted by molar-refractivity contribution is 9.10. The highest BCUT2D eigenvalue weighted by Gasteiger charge is 2.19. The molecule has 3 rings (SSSR count). The summed E-state index contributed by atoms with van der Waals surface area (Å²) >= 11 is 3.39. The lowest BCUT2D eigenvalue weighted by Crippen LogP contribution is -2.41. The van der Waals surface area contributed by atoms with Crippen molar-refractivity contribution in [2.75, 3.05) is 25.1 Å². The molecule has 1 aliphatic heterocycles. The number of aryl methyl sites for hydroxylation is 1. The summed E-state index contributed by atoms with van der Waals surface area (Å²) in [6, 6.07) is 12.4. The Kier molecular flexibility index (Phi) is 8.96. The van der Waals surface area contributed by atoms with Crippen LogP contribution in [0.25, 0.3) is 0 Å². The van der Waals surface area contributed by atoms with Crippen LogP contribution in [0.2, 0.25) is 0 Å². The van der Waals surface area contributed by atoms with Crippen molar-refractivity contribution < 1.29 is 23.9 Å². The van der Waals surface area contributed by atoms with E-state index in [4.69, 9.17) is 9.47 Å². The summed E-state index contributed by atoms with van der Waals surface area (Å²) in [5.41, 5.74) is 4.33. The van der Waals surface area contributed by atoms with Crippen LogP contribution in [0.15, 0.2) is 52.0 Å². The molecule has 0 aliphatic carbocycles. The number of benzene rings is 2. The Labute approximate surface area is 200 Å². The second kappa shape index (κ2) is 12.1. The molecule has 1 heterocycles. The Morgan fingerprint density at radius 2 is 2.03 bits per heavy atom. The number of hydrogen-bond donors (Lipinski definition) is 3. The Morgan fingerprint density at radius 3 is 2.79 bits per heavy atom. The molecular weight excluding hydrogens is 492 g/mol. The number of carbonyl (C=O) groups is 3. The van der Waals surface area contributed by atoms with Crippen molar-refractivity contribution in [3.8, 4) is 5.75 Å². The molecular formula is C23H25BrN4O5. The van der Waals surface area contributed by atoms with Gasteiger partial charge in [0.15, 0.2) is 6.61 Å². The fraction of sp³-hybridized carbons (Fsp3) is 0.304. The number of carbonyl (C=O) groups excluding carboxylic acids is 3. The van der Waals surface area contributed by atoms with Gasteiger partial charge in [0.1, 0.15) is 5.75 Å². The number of rotatable bonds is 8. The molecule has 0 bridgehead atoms. The highest BCUT2D eigenvalue weighted by atomic mass is 79.9. The van der Waals surface area contributed by atoms with Crippen molar-refractivity contribution in [1.29, 1.82) is 0 Å². The van der Waals surface area contributed by atoms with Crippen molar-refractivity contribution in [2.24, 2.45) is 5.10 Å². The highest BCUT2D eigenvalue weighted by Crippen LogP contribution is 2.20. The number of ether oxygens (including phenoxy) is 2. The SMILES string of the molecule is Cc1cc(Br)ccc1NC(=O)COc1ccccc1/C=N\NC(=O)C(=O)NC[C@@H]1CCCO1. The molecule has 3 N–H and O–H groups in total. The van der Waals surface area contributed by atoms with Crippen LogP contribution >= 0.6 is 15.9 Å². The summed E-state index contributed by atoms with van der Waals surface area (Å²) in [7, 11) is 0. The Hall–Kier alpha value is -3.24. The number of anilines is 1. The van der Waals surface area contributed by atoms with E-state index in [1.54, 1.807) is 30.3 Å². The number of hydrogen-bond acceptors (Lipinski definition) is 6. The zero-order chi connectivity index (χ0) is 23.6. The molecule has 9 nitrogen and oxygen atoms in total. The smallest absolute Gasteiger partial charge is 0.329 e. The zero-order valence-corrected chi connectivity index (χ0v) is 19.7. The number of nitrogens with zero attached hydrogens (tertiary/aromatic N) is 1. The molecule has 2 aromatic rings. The molecule has 10 heteroatoms. The van der Waals surface area contributed by atoms with E-state index in [0.717, 1.165) is 22.9 Å². The predicted octanol–water partition coefficient (Wildman–Crippen LogP) is 2.52. The predicted molar refractivity (Wildman–Crippen MR) is 127 cm³/mol. The third kappa shape index (κ3) is 7.69. The van der Waals surface area contributed by atoms with Crippen molar-refractivity contribution >= 4 is 45.6 Å². The third-order valence-corrected chi connectivity index (χ3v) is 5.32. The maximum atomic E-state index is 12.3. The van der Waals surface area contributed by atoms with E-state index in [1.807, 2.05) is 19.1 Å². The van der Waals surface area contributed by atoms with Crippen LogP contribution in [-0.2, 0) is 19.1 Å². The summed E-state index contributed by atoms with van der Waals surface area (Å²) in [6.45, 7) is 2.64. The molecule has 0 spiro atoms. The van der Waals surface area contributed by atoms with E-state index in [1.165, 1.54) is 6.21 Å². The van der Waals surface area contributed by atoms with E-state index in [9.17, 15) is 14.4 Å². The average Bonchev–Trinajstić information content (AvgIpc) is 3.32. The fourth-order valence-electron chi connectivity index (χ4n) is 3.12. The molecule has 0 radical (unpaired) electrons. The first-order valence-electron chi connectivity index (χ1n) is 10.4. The lowest BCUT2D eigenvalue weighted by atomic mass is 10.2. The van der Waals surface area contributed by atoms with Gasteiger partial charge in [0, 0.05) is 28.9 Å². The largest absolute Gasteiger partial charge is 0.483 e. The molecule has 1 aliphatic rings. The minimum atomic E-state index is -0.883. The Balaban J connectivity index is 1.48. The lowest BCUT2D eigenvalue weighted by Gasteiger charge is -2.11. The van der Waals surface area contributed by atoms with Gasteiger partial charge in [-0.25, -0.2) is 5.43 Å². The van der Waals surface area contributed by atoms with Gasteiger partial charge in [-0.05, 0) is 55.7 Å². The van der Waals surface area contributed by atoms with E-state index in [0.29, 0.717) is 23.6 Å². The normalized spacial score (nSPS) is 15.3. The summed E-state index contributed by atoms with van der Waals surface area (Å²) in [5, 5.41) is 9.14. The van der Waals surface area contributed by atoms with Crippen LogP contribution in [-0.4, -0.2) is 49.8 Å². The number of amides is 3. The molecule has 2 aromatic carbocycles. The van der Waals surface area contributed by atoms with Gasteiger partial charge < -0.3 is 20.1 Å². The van der Waals surface area contributed by atoms with Crippen LogP contribution in [0.4, 0.5) is 5.69 Å². The van der Waals surface area contributed by atoms with Crippen LogP contribution in [0.5, 0.6) is 5.75 Å². The minimum Gasteiger partial charge on any atom is -0.483 e. The van der Waals surface area contributed by atoms with Crippen molar-refractivity contribution in [3.63, 3.8) is 0 Å². The topological polar surface area (TPSA) is 118 Å². The van der Waals surface area contributed by atoms with Gasteiger partial charge in [-0.2, -0.15) is 5.10 Å². The summed E-state index contributed by atoms with van der Waals surface area (Å²) in [6.07, 6.45) is 3.10. The monoisotopic (exact) mass is 516 g/mol. The molecule has 33 heavy (non-hydrogen) atoms. The number of nitrogens with one attached hydrogen (secondary N) is 3. The van der Waals surface area contributed by atoms with Gasteiger partial charge in [0.25, 0.3) is 5.91 Å². The Bertz CT molecular complexity index is 1040. The standard InChI is InChI=1S/C23H25BrN4O5/c1-15-11-17(24)8-9-19(15)27-21(29)14-33-20-7-3-2-5-16(20)12-26-28-23(31)22(30)25-13-18-6-4-10-32-18/h2-3,5,7-9,11-12,18H,4,6,10,13-14H2,1H3,(H,25,30)(H,27,29)(H,28,31)/b26-12-/t18-/m0/s1. The molecule has 0 aromatic heterocycles. The first kappa shape index (κ1) is 24.4. The molecule has 1 atom stereocenters. The minimum absolute atomic E-state index is 0.0563. The molecule has 1 saturated heterocycles. The van der Waals surface area contributed by atoms with Crippen LogP contribution in [0, 0.1) is 6.92 Å². The van der Waals surface area contributed by atoms with Gasteiger partial charge in [0.05, 0.1) is 12.3 Å². The van der Waals surface area contributed by atoms with Gasteiger partial charge in [-0.15, -0.1) is 0 Å². The number of hydrazone groups is 1. The van der Waals surface area contributed by atoms with Crippen LogP contribution in [0.1, 0.15) is 24.0 Å². The fourth-order valence-corrected chi connectivity index (χ4v) is 3.59. The van der Waals surface area contributed by atoms with Crippen molar-refractivity contribution in [1.82, 2.24) is 10.7 Å². The van der Waals surface area contributed by atoms with Crippen LogP contribution < -0.4 is 20.8 Å². The molecule has 1 fully saturated rings. The molecule has 174 valence electrons. The number of halogens is 1. The van der Waals surface area contributed by atoms with Crippen molar-refractivity contribution in [2.45, 2.75) is 25.9 Å². The maximum absolute atomic E-state index is 12.3. The van der Waals surface area contributed by atoms with Gasteiger partial charge in [-0.1, -0.05) is 28.1 Å². The van der Waals surface area contributed by atoms with Crippen LogP contribution in [0.3, 0.4) is 0 Å². The second-order valence-corrected chi connectivity index (χ2v) is 8.29. The van der Waals surface area contributed by atoms with E-state index >= 15 is 0 Å². The third-order valence-electron chi connectivity index (χ3n) is 4.83. The maximum Gasteiger partial charge on any atom is 0.329 e. The van der Waals surface area contributed by atoms with Gasteiger partial charge >= 0.3 is 11.8 Å². The lowest BCUT2D eigenvalue weighted by molar-refractivity contribution is -0.139. The molecule has 3 amide bonds. The van der Waals surface area contributed by atoms with E-state index < -0.39 is 11.8 Å². The zero-order valence-electron chi connectivity index (χ0n) is 18.1. The van der Waals surface area contributed by atoms with Crippen molar-refractivity contribution in [3.05, 3.63) is 58.1 Å².